The van der Waals surface area contributed by atoms with Gasteiger partial charge in [-0.3, -0.25) is 4.79 Å². The molecule has 0 saturated carbocycles. The largest absolute Gasteiger partial charge is 0.453 e. The van der Waals surface area contributed by atoms with Gasteiger partial charge in [0.1, 0.15) is 11.9 Å². The Labute approximate surface area is 136 Å². The van der Waals surface area contributed by atoms with E-state index in [1.54, 1.807) is 6.20 Å². The summed E-state index contributed by atoms with van der Waals surface area (Å²) in [5.41, 5.74) is 1.02. The van der Waals surface area contributed by atoms with Crippen LogP contribution in [0.15, 0.2) is 6.20 Å². The van der Waals surface area contributed by atoms with E-state index in [2.05, 4.69) is 20.0 Å². The molecule has 1 saturated heterocycles. The van der Waals surface area contributed by atoms with Crippen molar-refractivity contribution in [3.8, 4) is 0 Å². The van der Waals surface area contributed by atoms with E-state index < -0.39 is 12.1 Å². The van der Waals surface area contributed by atoms with Crippen LogP contribution in [0.2, 0.25) is 0 Å². The second-order valence-electron chi connectivity index (χ2n) is 6.40. The van der Waals surface area contributed by atoms with Gasteiger partial charge in [0, 0.05) is 30.9 Å². The van der Waals surface area contributed by atoms with Crippen LogP contribution in [0.25, 0.3) is 0 Å². The van der Waals surface area contributed by atoms with Gasteiger partial charge < -0.3 is 19.9 Å². The topological polar surface area (TPSA) is 87.3 Å². The van der Waals surface area contributed by atoms with E-state index in [0.717, 1.165) is 30.9 Å². The predicted octanol–water partition coefficient (Wildman–Crippen LogP) is 1.63. The van der Waals surface area contributed by atoms with Crippen molar-refractivity contribution in [3.05, 3.63) is 17.7 Å². The highest BCUT2D eigenvalue weighted by Gasteiger charge is 2.35. The van der Waals surface area contributed by atoms with Crippen LogP contribution in [0.4, 0.5) is 4.79 Å². The molecule has 0 bridgehead atoms. The fraction of sp³-hybridized carbons (Fsp3) is 0.688. The van der Waals surface area contributed by atoms with E-state index in [4.69, 9.17) is 0 Å². The van der Waals surface area contributed by atoms with Crippen molar-refractivity contribution < 1.29 is 14.3 Å². The number of carbonyl (C=O) groups is 2. The molecule has 0 aliphatic carbocycles. The number of aromatic nitrogens is 2. The lowest BCUT2D eigenvalue weighted by Crippen LogP contribution is -2.52. The maximum absolute atomic E-state index is 12.9. The van der Waals surface area contributed by atoms with Gasteiger partial charge in [0.25, 0.3) is 0 Å². The maximum Gasteiger partial charge on any atom is 0.407 e. The van der Waals surface area contributed by atoms with Crippen LogP contribution in [0.3, 0.4) is 0 Å². The third kappa shape index (κ3) is 4.24. The third-order valence-electron chi connectivity index (χ3n) is 4.24. The molecule has 23 heavy (non-hydrogen) atoms. The summed E-state index contributed by atoms with van der Waals surface area (Å²) in [5, 5.41) is 2.66. The normalized spacial score (nSPS) is 19.0. The second-order valence-corrected chi connectivity index (χ2v) is 6.40. The monoisotopic (exact) mass is 322 g/mol. The molecule has 1 fully saturated rings. The molecule has 0 aromatic carbocycles. The molecule has 7 nitrogen and oxygen atoms in total. The minimum atomic E-state index is -0.575. The molecule has 2 heterocycles. The number of imidazole rings is 1. The predicted molar refractivity (Wildman–Crippen MR) is 85.9 cm³/mol. The number of methoxy groups -OCH3 is 1. The highest BCUT2D eigenvalue weighted by atomic mass is 16.5. The Balaban J connectivity index is 2.07. The SMILES string of the molecule is COC(=O)N[C@H](C(=O)N1CCC[C@H]1Cc1ncc(C)[nH]1)C(C)C. The van der Waals surface area contributed by atoms with Gasteiger partial charge in [-0.25, -0.2) is 9.78 Å². The molecular formula is C16H26N4O3. The number of amides is 2. The third-order valence-corrected chi connectivity index (χ3v) is 4.24. The van der Waals surface area contributed by atoms with Gasteiger partial charge in [-0.15, -0.1) is 0 Å². The average molecular weight is 322 g/mol. The van der Waals surface area contributed by atoms with E-state index in [9.17, 15) is 9.59 Å². The first-order valence-corrected chi connectivity index (χ1v) is 8.07. The Hall–Kier alpha value is -2.05. The van der Waals surface area contributed by atoms with E-state index in [1.165, 1.54) is 7.11 Å². The first-order chi connectivity index (χ1) is 10.9. The number of alkyl carbamates (subject to hydrolysis) is 1. The molecule has 2 rings (SSSR count). The lowest BCUT2D eigenvalue weighted by Gasteiger charge is -2.30. The van der Waals surface area contributed by atoms with Gasteiger partial charge in [0.05, 0.1) is 7.11 Å². The summed E-state index contributed by atoms with van der Waals surface area (Å²) in [6, 6.07) is -0.449. The van der Waals surface area contributed by atoms with Crippen molar-refractivity contribution in [2.24, 2.45) is 5.92 Å². The van der Waals surface area contributed by atoms with Crippen molar-refractivity contribution in [2.75, 3.05) is 13.7 Å². The number of hydrogen-bond acceptors (Lipinski definition) is 4. The number of carbonyl (C=O) groups excluding carboxylic acids is 2. The molecule has 1 aliphatic rings. The number of aromatic amines is 1. The molecule has 1 aliphatic heterocycles. The summed E-state index contributed by atoms with van der Waals surface area (Å²) >= 11 is 0. The van der Waals surface area contributed by atoms with Crippen molar-refractivity contribution in [1.82, 2.24) is 20.2 Å². The van der Waals surface area contributed by atoms with E-state index in [0.29, 0.717) is 6.42 Å². The van der Waals surface area contributed by atoms with Crippen LogP contribution < -0.4 is 5.32 Å². The first kappa shape index (κ1) is 17.3. The average Bonchev–Trinajstić information content (AvgIpc) is 3.13. The van der Waals surface area contributed by atoms with Gasteiger partial charge in [-0.1, -0.05) is 13.8 Å². The minimum absolute atomic E-state index is 0.00583. The lowest BCUT2D eigenvalue weighted by molar-refractivity contribution is -0.135. The maximum atomic E-state index is 12.9. The summed E-state index contributed by atoms with van der Waals surface area (Å²) in [5.74, 6) is 0.846. The van der Waals surface area contributed by atoms with Gasteiger partial charge in [0.2, 0.25) is 5.91 Å². The molecule has 2 amide bonds. The summed E-state index contributed by atoms with van der Waals surface area (Å²) in [6.45, 7) is 6.51. The molecule has 7 heteroatoms. The second kappa shape index (κ2) is 7.48. The van der Waals surface area contributed by atoms with Gasteiger partial charge >= 0.3 is 6.09 Å². The Bertz CT molecular complexity index is 555. The lowest BCUT2D eigenvalue weighted by atomic mass is 10.0. The Kier molecular flexibility index (Phi) is 5.63. The molecule has 1 aromatic rings. The molecule has 2 N–H and O–H groups in total. The number of nitrogens with zero attached hydrogens (tertiary/aromatic N) is 2. The first-order valence-electron chi connectivity index (χ1n) is 8.07. The van der Waals surface area contributed by atoms with Gasteiger partial charge in [0.15, 0.2) is 0 Å². The number of nitrogens with one attached hydrogen (secondary N) is 2. The highest BCUT2D eigenvalue weighted by molar-refractivity contribution is 5.86. The zero-order valence-corrected chi connectivity index (χ0v) is 14.3. The van der Waals surface area contributed by atoms with Crippen molar-refractivity contribution >= 4 is 12.0 Å². The van der Waals surface area contributed by atoms with E-state index >= 15 is 0 Å². The molecular weight excluding hydrogens is 296 g/mol. The zero-order valence-electron chi connectivity index (χ0n) is 14.3. The number of ether oxygens (including phenoxy) is 1. The fourth-order valence-electron chi connectivity index (χ4n) is 3.01. The van der Waals surface area contributed by atoms with Crippen molar-refractivity contribution in [3.63, 3.8) is 0 Å². The van der Waals surface area contributed by atoms with Crippen molar-refractivity contribution in [2.45, 2.75) is 52.1 Å². The molecule has 0 spiro atoms. The molecule has 0 radical (unpaired) electrons. The standard InChI is InChI=1S/C16H26N4O3/c1-10(2)14(19-16(22)23-4)15(21)20-7-5-6-12(20)8-13-17-9-11(3)18-13/h9-10,12,14H,5-8H2,1-4H3,(H,17,18)(H,19,22)/t12-,14-/m0/s1. The zero-order chi connectivity index (χ0) is 17.0. The van der Waals surface area contributed by atoms with E-state index in [1.807, 2.05) is 25.7 Å². The highest BCUT2D eigenvalue weighted by Crippen LogP contribution is 2.22. The number of H-pyrrole nitrogens is 1. The van der Waals surface area contributed by atoms with Crippen LogP contribution in [0, 0.1) is 12.8 Å². The summed E-state index contributed by atoms with van der Waals surface area (Å²) in [7, 11) is 1.30. The van der Waals surface area contributed by atoms with Gasteiger partial charge in [-0.05, 0) is 25.7 Å². The van der Waals surface area contributed by atoms with Crippen molar-refractivity contribution in [1.29, 1.82) is 0 Å². The number of rotatable bonds is 5. The molecule has 0 unspecified atom stereocenters. The molecule has 1 aromatic heterocycles. The smallest absolute Gasteiger partial charge is 0.407 e. The Morgan fingerprint density at radius 1 is 1.52 bits per heavy atom. The summed E-state index contributed by atoms with van der Waals surface area (Å²) < 4.78 is 4.63. The Morgan fingerprint density at radius 3 is 2.83 bits per heavy atom. The summed E-state index contributed by atoms with van der Waals surface area (Å²) in [4.78, 5) is 33.8. The van der Waals surface area contributed by atoms with Crippen LogP contribution in [0.5, 0.6) is 0 Å². The Morgan fingerprint density at radius 2 is 2.26 bits per heavy atom. The van der Waals surface area contributed by atoms with Crippen LogP contribution >= 0.6 is 0 Å². The fourth-order valence-corrected chi connectivity index (χ4v) is 3.01. The van der Waals surface area contributed by atoms with E-state index in [-0.39, 0.29) is 17.9 Å². The van der Waals surface area contributed by atoms with Gasteiger partial charge in [-0.2, -0.15) is 0 Å². The van der Waals surface area contributed by atoms with Crippen LogP contribution in [0.1, 0.15) is 38.2 Å². The molecule has 128 valence electrons. The number of hydrogen-bond donors (Lipinski definition) is 2. The molecule has 2 atom stereocenters. The minimum Gasteiger partial charge on any atom is -0.453 e. The summed E-state index contributed by atoms with van der Waals surface area (Å²) in [6.07, 6.45) is 3.86. The van der Waals surface area contributed by atoms with Crippen LogP contribution in [-0.4, -0.2) is 52.6 Å². The van der Waals surface area contributed by atoms with Crippen LogP contribution in [-0.2, 0) is 16.0 Å². The number of likely N-dealkylation sites (tertiary alicyclic amines) is 1. The number of aryl methyl sites for hydroxylation is 1. The quantitative estimate of drug-likeness (QED) is 0.862.